The summed E-state index contributed by atoms with van der Waals surface area (Å²) in [6, 6.07) is 0. The van der Waals surface area contributed by atoms with Gasteiger partial charge in [-0.05, 0) is 83.5 Å². The Labute approximate surface area is 384 Å². The molecule has 0 saturated heterocycles. The van der Waals surface area contributed by atoms with E-state index in [1.54, 1.807) is 0 Å². The van der Waals surface area contributed by atoms with Crippen molar-refractivity contribution in [2.75, 3.05) is 47.5 Å². The van der Waals surface area contributed by atoms with Gasteiger partial charge < -0.3 is 33.3 Å². The van der Waals surface area contributed by atoms with E-state index >= 15 is 0 Å². The molecule has 0 bridgehead atoms. The van der Waals surface area contributed by atoms with Crippen molar-refractivity contribution < 1.29 is 42.9 Å². The number of carbonyl (C=O) groups is 3. The first-order valence-corrected chi connectivity index (χ1v) is 24.0. The van der Waals surface area contributed by atoms with Crippen LogP contribution in [0, 0.1) is 0 Å². The summed E-state index contributed by atoms with van der Waals surface area (Å²) < 4.78 is 22.4. The van der Waals surface area contributed by atoms with Crippen molar-refractivity contribution in [2.45, 2.75) is 167 Å². The van der Waals surface area contributed by atoms with E-state index in [0.717, 1.165) is 103 Å². The molecule has 0 N–H and O–H groups in total. The van der Waals surface area contributed by atoms with Gasteiger partial charge in [0, 0.05) is 12.8 Å². The summed E-state index contributed by atoms with van der Waals surface area (Å²) in [5.41, 5.74) is 0. The summed E-state index contributed by atoms with van der Waals surface area (Å²) in [6.07, 6.45) is 57.3. The minimum absolute atomic E-state index is 0.135. The molecule has 9 nitrogen and oxygen atoms in total. The molecular weight excluding hydrogens is 791 g/mol. The lowest BCUT2D eigenvalue weighted by Gasteiger charge is -2.26. The Morgan fingerprint density at radius 3 is 1.35 bits per heavy atom. The van der Waals surface area contributed by atoms with Crippen LogP contribution in [0.5, 0.6) is 0 Å². The Balaban J connectivity index is 4.31. The molecule has 0 aromatic carbocycles. The maximum atomic E-state index is 12.7. The number of aliphatic carboxylic acids is 1. The minimum atomic E-state index is -1.63. The van der Waals surface area contributed by atoms with Crippen molar-refractivity contribution in [3.05, 3.63) is 109 Å². The number of quaternary nitrogens is 1. The fraction of sp³-hybridized carbons (Fsp3) is 0.611. The summed E-state index contributed by atoms with van der Waals surface area (Å²) in [4.78, 5) is 36.8. The number of rotatable bonds is 42. The van der Waals surface area contributed by atoms with Gasteiger partial charge in [0.1, 0.15) is 13.2 Å². The molecule has 0 aliphatic rings. The molecule has 0 aromatic rings. The first-order chi connectivity index (χ1) is 30.6. The van der Waals surface area contributed by atoms with E-state index in [2.05, 4.69) is 123 Å². The number of carboxylic acids is 1. The number of carbonyl (C=O) groups excluding carboxylic acids is 3. The molecule has 2 atom stereocenters. The SMILES string of the molecule is CC/C=C\C/C=C\C/C=C\C/C=C\C/C=C\C/C=C\C/C=C\C/C=C\C/C=C\CCCCCC(=O)OC(COC(=O)CCCCCCCCC)COC(OCC[N+](C)(C)C)C(=O)[O-]. The summed E-state index contributed by atoms with van der Waals surface area (Å²) in [5, 5.41) is 11.7. The number of hydrogen-bond acceptors (Lipinski definition) is 8. The minimum Gasteiger partial charge on any atom is -0.545 e. The summed E-state index contributed by atoms with van der Waals surface area (Å²) in [6.45, 7) is 4.50. The number of hydrogen-bond donors (Lipinski definition) is 0. The Hall–Kier alpha value is -4.05. The number of carboxylic acid groups (broad SMARTS) is 1. The van der Waals surface area contributed by atoms with Crippen LogP contribution in [0.1, 0.15) is 155 Å². The summed E-state index contributed by atoms with van der Waals surface area (Å²) in [5.74, 6) is -2.36. The predicted molar refractivity (Wildman–Crippen MR) is 260 cm³/mol. The van der Waals surface area contributed by atoms with Gasteiger partial charge in [-0.1, -0.05) is 168 Å². The fourth-order valence-corrected chi connectivity index (χ4v) is 5.82. The second kappa shape index (κ2) is 44.6. The maximum absolute atomic E-state index is 12.7. The maximum Gasteiger partial charge on any atom is 0.306 e. The summed E-state index contributed by atoms with van der Waals surface area (Å²) in [7, 11) is 5.88. The van der Waals surface area contributed by atoms with Crippen LogP contribution in [0.4, 0.5) is 0 Å². The van der Waals surface area contributed by atoms with Crippen LogP contribution >= 0.6 is 0 Å². The van der Waals surface area contributed by atoms with Crippen molar-refractivity contribution in [3.8, 4) is 0 Å². The Morgan fingerprint density at radius 1 is 0.492 bits per heavy atom. The van der Waals surface area contributed by atoms with Gasteiger partial charge in [-0.25, -0.2) is 0 Å². The summed E-state index contributed by atoms with van der Waals surface area (Å²) >= 11 is 0. The smallest absolute Gasteiger partial charge is 0.306 e. The monoisotopic (exact) mass is 878 g/mol. The zero-order valence-electron chi connectivity index (χ0n) is 40.1. The molecule has 0 radical (unpaired) electrons. The molecule has 0 heterocycles. The number of nitrogens with zero attached hydrogens (tertiary/aromatic N) is 1. The highest BCUT2D eigenvalue weighted by molar-refractivity contribution is 5.70. The molecule has 0 aliphatic heterocycles. The van der Waals surface area contributed by atoms with E-state index < -0.39 is 24.3 Å². The van der Waals surface area contributed by atoms with E-state index in [1.807, 2.05) is 21.1 Å². The molecule has 9 heteroatoms. The molecule has 0 rings (SSSR count). The Kier molecular flexibility index (Phi) is 41.7. The van der Waals surface area contributed by atoms with E-state index in [9.17, 15) is 19.5 Å². The molecule has 356 valence electrons. The predicted octanol–water partition coefficient (Wildman–Crippen LogP) is 11.9. The second-order valence-corrected chi connectivity index (χ2v) is 16.7. The van der Waals surface area contributed by atoms with Gasteiger partial charge in [0.25, 0.3) is 0 Å². The first-order valence-electron chi connectivity index (χ1n) is 24.0. The van der Waals surface area contributed by atoms with Gasteiger partial charge in [-0.3, -0.25) is 9.59 Å². The van der Waals surface area contributed by atoms with Crippen LogP contribution in [-0.2, 0) is 33.3 Å². The van der Waals surface area contributed by atoms with Gasteiger partial charge in [0.15, 0.2) is 12.4 Å². The van der Waals surface area contributed by atoms with Crippen LogP contribution in [0.3, 0.4) is 0 Å². The first kappa shape index (κ1) is 58.9. The number of allylic oxidation sites excluding steroid dienone is 18. The number of ether oxygens (including phenoxy) is 4. The molecule has 0 saturated carbocycles. The average molecular weight is 878 g/mol. The zero-order valence-corrected chi connectivity index (χ0v) is 40.1. The third-order valence-electron chi connectivity index (χ3n) is 9.53. The van der Waals surface area contributed by atoms with Crippen LogP contribution in [0.15, 0.2) is 109 Å². The third-order valence-corrected chi connectivity index (χ3v) is 9.53. The largest absolute Gasteiger partial charge is 0.545 e. The van der Waals surface area contributed by atoms with Gasteiger partial charge in [0.2, 0.25) is 0 Å². The van der Waals surface area contributed by atoms with E-state index in [-0.39, 0.29) is 38.6 Å². The van der Waals surface area contributed by atoms with E-state index in [4.69, 9.17) is 18.9 Å². The lowest BCUT2D eigenvalue weighted by atomic mass is 10.1. The molecule has 2 unspecified atom stereocenters. The average Bonchev–Trinajstić information content (AvgIpc) is 3.24. The van der Waals surface area contributed by atoms with Crippen LogP contribution in [-0.4, -0.2) is 82.3 Å². The molecule has 63 heavy (non-hydrogen) atoms. The quantitative estimate of drug-likeness (QED) is 0.0196. The molecule has 0 aromatic heterocycles. The van der Waals surface area contributed by atoms with Crippen molar-refractivity contribution in [1.29, 1.82) is 0 Å². The highest BCUT2D eigenvalue weighted by Crippen LogP contribution is 2.11. The Morgan fingerprint density at radius 2 is 0.905 bits per heavy atom. The highest BCUT2D eigenvalue weighted by atomic mass is 16.7. The van der Waals surface area contributed by atoms with Crippen molar-refractivity contribution in [3.63, 3.8) is 0 Å². The molecule has 0 spiro atoms. The zero-order chi connectivity index (χ0) is 46.3. The molecular formula is C54H87NO8. The van der Waals surface area contributed by atoms with Gasteiger partial charge in [-0.2, -0.15) is 0 Å². The van der Waals surface area contributed by atoms with Gasteiger partial charge in [0.05, 0.1) is 40.3 Å². The standard InChI is InChI=1S/C54H87NO8/c1-6-8-10-12-14-15-16-17-18-19-20-21-22-23-24-25-26-27-28-29-30-31-32-33-34-35-36-37-39-41-43-45-52(57)63-50(48-61-51(56)44-42-40-38-13-11-9-7-2)49-62-54(53(58)59)60-47-46-55(3,4)5/h8,10,14-15,17-18,20-21,23-24,26-27,29-30,32-33,35-36,50,54H,6-7,9,11-13,16,19,22,25,28,31,34,37-49H2,1-5H3/b10-8-,15-14-,18-17-,21-20-,24-23-,27-26-,30-29-,33-32-,36-35-. The highest BCUT2D eigenvalue weighted by Gasteiger charge is 2.21. The van der Waals surface area contributed by atoms with Crippen LogP contribution in [0.25, 0.3) is 0 Å². The third kappa shape index (κ3) is 45.8. The Bertz CT molecular complexity index is 1390. The van der Waals surface area contributed by atoms with E-state index in [1.165, 1.54) is 19.3 Å². The van der Waals surface area contributed by atoms with Gasteiger partial charge in [-0.15, -0.1) is 0 Å². The van der Waals surface area contributed by atoms with Crippen molar-refractivity contribution in [2.24, 2.45) is 0 Å². The van der Waals surface area contributed by atoms with Gasteiger partial charge >= 0.3 is 11.9 Å². The normalized spacial score (nSPS) is 13.9. The number of esters is 2. The van der Waals surface area contributed by atoms with Crippen LogP contribution < -0.4 is 5.11 Å². The second-order valence-electron chi connectivity index (χ2n) is 16.7. The van der Waals surface area contributed by atoms with Crippen LogP contribution in [0.2, 0.25) is 0 Å². The molecule has 0 aliphatic carbocycles. The topological polar surface area (TPSA) is 111 Å². The van der Waals surface area contributed by atoms with Crippen molar-refractivity contribution >= 4 is 17.9 Å². The van der Waals surface area contributed by atoms with E-state index in [0.29, 0.717) is 17.4 Å². The lowest BCUT2D eigenvalue weighted by molar-refractivity contribution is -0.870. The fourth-order valence-electron chi connectivity index (χ4n) is 5.82. The number of unbranched alkanes of at least 4 members (excludes halogenated alkanes) is 9. The molecule has 0 fully saturated rings. The number of likely N-dealkylation sites (N-methyl/N-ethyl adjacent to an activating group) is 1. The molecule has 0 amide bonds. The van der Waals surface area contributed by atoms with Crippen molar-refractivity contribution in [1.82, 2.24) is 0 Å². The lowest BCUT2D eigenvalue weighted by Crippen LogP contribution is -2.44.